The first-order chi connectivity index (χ1) is 10.5. The summed E-state index contributed by atoms with van der Waals surface area (Å²) in [4.78, 5) is 25.7. The van der Waals surface area contributed by atoms with Gasteiger partial charge in [-0.2, -0.15) is 0 Å². The molecule has 1 heterocycles. The molecular weight excluding hydrogens is 280 g/mol. The molecule has 2 rings (SSSR count). The highest BCUT2D eigenvalue weighted by atomic mass is 16.2. The first-order valence-electron chi connectivity index (χ1n) is 7.66. The second-order valence-corrected chi connectivity index (χ2v) is 5.66. The van der Waals surface area contributed by atoms with Crippen LogP contribution in [0.3, 0.4) is 0 Å². The van der Waals surface area contributed by atoms with E-state index in [9.17, 15) is 9.59 Å². The number of urea groups is 1. The normalized spacial score (nSPS) is 18.9. The summed E-state index contributed by atoms with van der Waals surface area (Å²) in [6.07, 6.45) is 0.753. The highest BCUT2D eigenvalue weighted by Gasteiger charge is 2.28. The van der Waals surface area contributed by atoms with Gasteiger partial charge in [-0.05, 0) is 25.8 Å². The van der Waals surface area contributed by atoms with Gasteiger partial charge in [0.25, 0.3) is 0 Å². The maximum atomic E-state index is 12.2. The van der Waals surface area contributed by atoms with Crippen LogP contribution in [0.25, 0.3) is 0 Å². The number of nitrogens with zero attached hydrogens (tertiary/aromatic N) is 1. The Balaban J connectivity index is 1.87. The zero-order valence-electron chi connectivity index (χ0n) is 13.1. The van der Waals surface area contributed by atoms with E-state index in [4.69, 9.17) is 5.73 Å². The van der Waals surface area contributed by atoms with E-state index >= 15 is 0 Å². The lowest BCUT2D eigenvalue weighted by molar-refractivity contribution is -0.123. The van der Waals surface area contributed by atoms with E-state index in [0.29, 0.717) is 19.6 Å². The number of carbonyl (C=O) groups is 2. The van der Waals surface area contributed by atoms with Crippen molar-refractivity contribution in [3.8, 4) is 0 Å². The van der Waals surface area contributed by atoms with Gasteiger partial charge in [-0.3, -0.25) is 4.79 Å². The fraction of sp³-hybridized carbons (Fsp3) is 0.500. The Kier molecular flexibility index (Phi) is 5.38. The van der Waals surface area contributed by atoms with Gasteiger partial charge >= 0.3 is 6.03 Å². The second kappa shape index (κ2) is 7.26. The lowest BCUT2D eigenvalue weighted by Crippen LogP contribution is -2.44. The molecule has 22 heavy (non-hydrogen) atoms. The Morgan fingerprint density at radius 3 is 2.68 bits per heavy atom. The molecule has 0 aliphatic carbocycles. The van der Waals surface area contributed by atoms with Gasteiger partial charge in [-0.25, -0.2) is 4.79 Å². The third-order valence-corrected chi connectivity index (χ3v) is 3.87. The predicted octanol–water partition coefficient (Wildman–Crippen LogP) is 0.915. The lowest BCUT2D eigenvalue weighted by atomic mass is 10.0. The average Bonchev–Trinajstić information content (AvgIpc) is 2.96. The summed E-state index contributed by atoms with van der Waals surface area (Å²) in [6.45, 7) is 5.65. The summed E-state index contributed by atoms with van der Waals surface area (Å²) in [6, 6.07) is 6.82. The van der Waals surface area contributed by atoms with E-state index in [-0.39, 0.29) is 18.0 Å². The van der Waals surface area contributed by atoms with E-state index in [1.54, 1.807) is 4.90 Å². The second-order valence-electron chi connectivity index (χ2n) is 5.66. The number of nitrogens with two attached hydrogens (primary N) is 1. The topological polar surface area (TPSA) is 87.5 Å². The van der Waals surface area contributed by atoms with Gasteiger partial charge < -0.3 is 21.3 Å². The summed E-state index contributed by atoms with van der Waals surface area (Å²) in [5.74, 6) is -0.202. The van der Waals surface area contributed by atoms with Gasteiger partial charge in [-0.15, -0.1) is 0 Å². The predicted molar refractivity (Wildman–Crippen MR) is 85.3 cm³/mol. The summed E-state index contributed by atoms with van der Waals surface area (Å²) in [5.41, 5.74) is 7.93. The van der Waals surface area contributed by atoms with Crippen molar-refractivity contribution in [2.75, 3.05) is 19.6 Å². The zero-order chi connectivity index (χ0) is 16.1. The number of hydrogen-bond donors (Lipinski definition) is 3. The summed E-state index contributed by atoms with van der Waals surface area (Å²) in [7, 11) is 0. The first-order valence-corrected chi connectivity index (χ1v) is 7.66. The molecule has 3 amide bonds. The quantitative estimate of drug-likeness (QED) is 0.773. The number of rotatable bonds is 4. The van der Waals surface area contributed by atoms with Gasteiger partial charge in [0.2, 0.25) is 5.91 Å². The van der Waals surface area contributed by atoms with Crippen molar-refractivity contribution in [3.63, 3.8) is 0 Å². The number of likely N-dealkylation sites (tertiary alicyclic amines) is 1. The molecule has 120 valence electrons. The minimum absolute atomic E-state index is 0.0356. The maximum absolute atomic E-state index is 12.2. The Morgan fingerprint density at radius 1 is 1.36 bits per heavy atom. The fourth-order valence-corrected chi connectivity index (χ4v) is 2.54. The van der Waals surface area contributed by atoms with Crippen LogP contribution in [0.1, 0.15) is 30.5 Å². The molecule has 0 aromatic heterocycles. The maximum Gasteiger partial charge on any atom is 0.317 e. The minimum atomic E-state index is -0.681. The third kappa shape index (κ3) is 3.98. The third-order valence-electron chi connectivity index (χ3n) is 3.87. The molecule has 0 saturated carbocycles. The van der Waals surface area contributed by atoms with Crippen molar-refractivity contribution in [3.05, 3.63) is 35.4 Å². The standard InChI is InChI=1S/C16H24N4O2/c1-3-18-16(22)20-9-8-13(10-20)19-15(21)14(17)12-6-4-11(2)5-7-12/h4-7,13-14H,3,8-10,17H2,1-2H3,(H,18,22)(H,19,21). The highest BCUT2D eigenvalue weighted by Crippen LogP contribution is 2.14. The van der Waals surface area contributed by atoms with Gasteiger partial charge in [-0.1, -0.05) is 29.8 Å². The molecular formula is C16H24N4O2. The molecule has 0 spiro atoms. The molecule has 6 nitrogen and oxygen atoms in total. The van der Waals surface area contributed by atoms with E-state index < -0.39 is 6.04 Å². The first kappa shape index (κ1) is 16.3. The summed E-state index contributed by atoms with van der Waals surface area (Å²) < 4.78 is 0. The summed E-state index contributed by atoms with van der Waals surface area (Å²) in [5, 5.41) is 5.70. The highest BCUT2D eigenvalue weighted by molar-refractivity contribution is 5.83. The van der Waals surface area contributed by atoms with Gasteiger partial charge in [0.1, 0.15) is 6.04 Å². The Labute approximate surface area is 131 Å². The number of aryl methyl sites for hydroxylation is 1. The molecule has 1 aromatic carbocycles. The van der Waals surface area contributed by atoms with Gasteiger partial charge in [0.15, 0.2) is 0 Å². The summed E-state index contributed by atoms with van der Waals surface area (Å²) >= 11 is 0. The molecule has 6 heteroatoms. The van der Waals surface area contributed by atoms with Crippen molar-refractivity contribution in [1.82, 2.24) is 15.5 Å². The van der Waals surface area contributed by atoms with Crippen molar-refractivity contribution in [2.24, 2.45) is 5.73 Å². The van der Waals surface area contributed by atoms with E-state index in [1.165, 1.54) is 0 Å². The van der Waals surface area contributed by atoms with Crippen LogP contribution in [0, 0.1) is 6.92 Å². The van der Waals surface area contributed by atoms with E-state index in [1.807, 2.05) is 38.1 Å². The van der Waals surface area contributed by atoms with Crippen molar-refractivity contribution in [2.45, 2.75) is 32.4 Å². The molecule has 1 saturated heterocycles. The fourth-order valence-electron chi connectivity index (χ4n) is 2.54. The molecule has 0 radical (unpaired) electrons. The molecule has 1 aliphatic heterocycles. The molecule has 2 unspecified atom stereocenters. The largest absolute Gasteiger partial charge is 0.350 e. The Bertz CT molecular complexity index is 529. The van der Waals surface area contributed by atoms with Gasteiger partial charge in [0.05, 0.1) is 0 Å². The smallest absolute Gasteiger partial charge is 0.317 e. The Morgan fingerprint density at radius 2 is 2.05 bits per heavy atom. The van der Waals surface area contributed by atoms with Gasteiger partial charge in [0, 0.05) is 25.7 Å². The number of hydrogen-bond acceptors (Lipinski definition) is 3. The van der Waals surface area contributed by atoms with Crippen LogP contribution in [0.5, 0.6) is 0 Å². The molecule has 2 atom stereocenters. The minimum Gasteiger partial charge on any atom is -0.350 e. The molecule has 1 aliphatic rings. The number of benzene rings is 1. The number of carbonyl (C=O) groups excluding carboxylic acids is 2. The zero-order valence-corrected chi connectivity index (χ0v) is 13.1. The molecule has 1 aromatic rings. The van der Waals surface area contributed by atoms with Crippen LogP contribution < -0.4 is 16.4 Å². The molecule has 1 fully saturated rings. The van der Waals surface area contributed by atoms with E-state index in [2.05, 4.69) is 10.6 Å². The van der Waals surface area contributed by atoms with Crippen LogP contribution >= 0.6 is 0 Å². The van der Waals surface area contributed by atoms with Crippen LogP contribution in [-0.4, -0.2) is 42.5 Å². The Hall–Kier alpha value is -2.08. The van der Waals surface area contributed by atoms with Crippen LogP contribution in [0.15, 0.2) is 24.3 Å². The number of amides is 3. The van der Waals surface area contributed by atoms with Crippen molar-refractivity contribution in [1.29, 1.82) is 0 Å². The van der Waals surface area contributed by atoms with Crippen LogP contribution in [-0.2, 0) is 4.79 Å². The lowest BCUT2D eigenvalue weighted by Gasteiger charge is -2.19. The SMILES string of the molecule is CCNC(=O)N1CCC(NC(=O)C(N)c2ccc(C)cc2)C1. The average molecular weight is 304 g/mol. The molecule has 0 bridgehead atoms. The van der Waals surface area contributed by atoms with Crippen LogP contribution in [0.4, 0.5) is 4.79 Å². The van der Waals surface area contributed by atoms with E-state index in [0.717, 1.165) is 17.5 Å². The molecule has 4 N–H and O–H groups in total. The number of nitrogens with one attached hydrogen (secondary N) is 2. The monoisotopic (exact) mass is 304 g/mol. The van der Waals surface area contributed by atoms with Crippen LogP contribution in [0.2, 0.25) is 0 Å². The van der Waals surface area contributed by atoms with Crippen molar-refractivity contribution < 1.29 is 9.59 Å². The van der Waals surface area contributed by atoms with Crippen molar-refractivity contribution >= 4 is 11.9 Å².